The molecule has 2 atom stereocenters. The molecule has 0 radical (unpaired) electrons. The van der Waals surface area contributed by atoms with Gasteiger partial charge in [0.05, 0.1) is 22.2 Å². The van der Waals surface area contributed by atoms with E-state index < -0.39 is 10.8 Å². The van der Waals surface area contributed by atoms with Crippen molar-refractivity contribution < 1.29 is 13.4 Å². The molecule has 0 aliphatic rings. The summed E-state index contributed by atoms with van der Waals surface area (Å²) in [4.78, 5) is 17.5. The molecule has 28 heavy (non-hydrogen) atoms. The fourth-order valence-corrected chi connectivity index (χ4v) is 3.78. The minimum atomic E-state index is -1.18. The molecule has 3 rings (SSSR count). The van der Waals surface area contributed by atoms with Crippen molar-refractivity contribution in [3.8, 4) is 11.5 Å². The minimum Gasteiger partial charge on any atom is -0.441 e. The summed E-state index contributed by atoms with van der Waals surface area (Å²) in [6.07, 6.45) is 0.881. The summed E-state index contributed by atoms with van der Waals surface area (Å²) in [7, 11) is -1.18. The zero-order valence-corrected chi connectivity index (χ0v) is 17.1. The monoisotopic (exact) mass is 396 g/mol. The van der Waals surface area contributed by atoms with Crippen LogP contribution in [0.3, 0.4) is 0 Å². The molecule has 0 bridgehead atoms. The quantitative estimate of drug-likeness (QED) is 0.639. The Labute approximate surface area is 167 Å². The number of benzene rings is 2. The number of carbonyl (C=O) groups is 1. The Bertz CT molecular complexity index is 965. The standard InChI is InChI=1S/C22H24N2O3S/c1-4-15(2)23-21(25)17-10-12-18(13-11-17)22-24-20(16(3)27-22)14-28(26)19-8-6-5-7-9-19/h5-13,15H,4,14H2,1-3H3,(H,23,25)/t15-,28+/m0/s1. The number of hydrogen-bond acceptors (Lipinski definition) is 4. The van der Waals surface area contributed by atoms with Crippen molar-refractivity contribution in [2.75, 3.05) is 0 Å². The normalized spacial score (nSPS) is 13.1. The lowest BCUT2D eigenvalue weighted by Crippen LogP contribution is -2.31. The van der Waals surface area contributed by atoms with E-state index in [0.29, 0.717) is 28.7 Å². The second-order valence-electron chi connectivity index (χ2n) is 6.68. The van der Waals surface area contributed by atoms with E-state index >= 15 is 0 Å². The molecule has 146 valence electrons. The number of nitrogens with zero attached hydrogens (tertiary/aromatic N) is 1. The summed E-state index contributed by atoms with van der Waals surface area (Å²) in [5, 5.41) is 2.94. The van der Waals surface area contributed by atoms with E-state index in [1.165, 1.54) is 0 Å². The Morgan fingerprint density at radius 2 is 1.82 bits per heavy atom. The van der Waals surface area contributed by atoms with E-state index in [9.17, 15) is 9.00 Å². The molecule has 0 saturated heterocycles. The fourth-order valence-electron chi connectivity index (χ4n) is 2.64. The number of amides is 1. The van der Waals surface area contributed by atoms with Crippen LogP contribution >= 0.6 is 0 Å². The number of hydrogen-bond donors (Lipinski definition) is 1. The van der Waals surface area contributed by atoms with E-state index in [2.05, 4.69) is 10.3 Å². The zero-order chi connectivity index (χ0) is 20.1. The van der Waals surface area contributed by atoms with Crippen molar-refractivity contribution in [3.05, 3.63) is 71.6 Å². The second-order valence-corrected chi connectivity index (χ2v) is 8.14. The van der Waals surface area contributed by atoms with Gasteiger partial charge in [-0.15, -0.1) is 0 Å². The molecule has 1 aromatic heterocycles. The highest BCUT2D eigenvalue weighted by Gasteiger charge is 2.16. The average molecular weight is 397 g/mol. The lowest BCUT2D eigenvalue weighted by atomic mass is 10.1. The molecule has 1 N–H and O–H groups in total. The number of aromatic nitrogens is 1. The predicted octanol–water partition coefficient (Wildman–Crippen LogP) is 4.49. The first-order chi connectivity index (χ1) is 13.5. The van der Waals surface area contributed by atoms with Crippen molar-refractivity contribution in [2.24, 2.45) is 0 Å². The number of nitrogens with one attached hydrogen (secondary N) is 1. The van der Waals surface area contributed by atoms with Gasteiger partial charge in [0.15, 0.2) is 0 Å². The number of aryl methyl sites for hydroxylation is 1. The van der Waals surface area contributed by atoms with Crippen LogP contribution < -0.4 is 5.32 Å². The van der Waals surface area contributed by atoms with Crippen LogP contribution in [0, 0.1) is 6.92 Å². The molecule has 5 nitrogen and oxygen atoms in total. The summed E-state index contributed by atoms with van der Waals surface area (Å²) >= 11 is 0. The Kier molecular flexibility index (Phi) is 6.41. The smallest absolute Gasteiger partial charge is 0.251 e. The number of oxazole rings is 1. The maximum atomic E-state index is 12.5. The number of rotatable bonds is 7. The van der Waals surface area contributed by atoms with Gasteiger partial charge in [0.25, 0.3) is 5.91 Å². The maximum absolute atomic E-state index is 12.5. The Balaban J connectivity index is 1.74. The largest absolute Gasteiger partial charge is 0.441 e. The van der Waals surface area contributed by atoms with Gasteiger partial charge in [-0.1, -0.05) is 25.1 Å². The molecule has 1 heterocycles. The van der Waals surface area contributed by atoms with Gasteiger partial charge in [0, 0.05) is 22.1 Å². The molecule has 1 amide bonds. The third-order valence-corrected chi connectivity index (χ3v) is 5.88. The van der Waals surface area contributed by atoms with Crippen molar-refractivity contribution in [2.45, 2.75) is 43.9 Å². The van der Waals surface area contributed by atoms with Crippen LogP contribution in [0.25, 0.3) is 11.5 Å². The molecule has 0 aliphatic carbocycles. The molecular weight excluding hydrogens is 372 g/mol. The SMILES string of the molecule is CC[C@H](C)NC(=O)c1ccc(-c2nc(C[S@@](=O)c3ccccc3)c(C)o2)cc1. The zero-order valence-electron chi connectivity index (χ0n) is 16.3. The van der Waals surface area contributed by atoms with Gasteiger partial charge < -0.3 is 9.73 Å². The molecule has 0 spiro atoms. The first-order valence-corrected chi connectivity index (χ1v) is 10.6. The van der Waals surface area contributed by atoms with Crippen LogP contribution in [0.1, 0.15) is 42.1 Å². The maximum Gasteiger partial charge on any atom is 0.251 e. The van der Waals surface area contributed by atoms with Crippen molar-refractivity contribution in [1.29, 1.82) is 0 Å². The lowest BCUT2D eigenvalue weighted by molar-refractivity contribution is 0.0939. The Morgan fingerprint density at radius 1 is 1.14 bits per heavy atom. The van der Waals surface area contributed by atoms with Gasteiger partial charge in [0.2, 0.25) is 5.89 Å². The topological polar surface area (TPSA) is 72.2 Å². The van der Waals surface area contributed by atoms with Crippen LogP contribution in [0.15, 0.2) is 63.9 Å². The highest BCUT2D eigenvalue weighted by molar-refractivity contribution is 7.84. The van der Waals surface area contributed by atoms with Gasteiger partial charge in [-0.2, -0.15) is 0 Å². The van der Waals surface area contributed by atoms with Crippen molar-refractivity contribution in [1.82, 2.24) is 10.3 Å². The third kappa shape index (κ3) is 4.75. The van der Waals surface area contributed by atoms with Gasteiger partial charge in [-0.3, -0.25) is 9.00 Å². The molecule has 0 fully saturated rings. The highest BCUT2D eigenvalue weighted by atomic mass is 32.2. The molecule has 0 aliphatic heterocycles. The molecule has 0 unspecified atom stereocenters. The van der Waals surface area contributed by atoms with Gasteiger partial charge in [-0.25, -0.2) is 4.98 Å². The summed E-state index contributed by atoms with van der Waals surface area (Å²) in [5.74, 6) is 1.32. The van der Waals surface area contributed by atoms with E-state index in [1.807, 2.05) is 63.2 Å². The molecule has 2 aromatic carbocycles. The van der Waals surface area contributed by atoms with Gasteiger partial charge in [-0.05, 0) is 56.7 Å². The minimum absolute atomic E-state index is 0.0940. The molecule has 6 heteroatoms. The molecule has 3 aromatic rings. The summed E-state index contributed by atoms with van der Waals surface area (Å²) in [6, 6.07) is 16.6. The predicted molar refractivity (Wildman–Crippen MR) is 110 cm³/mol. The first kappa shape index (κ1) is 20.0. The van der Waals surface area contributed by atoms with E-state index in [-0.39, 0.29) is 11.9 Å². The Hall–Kier alpha value is -2.73. The van der Waals surface area contributed by atoms with Crippen molar-refractivity contribution in [3.63, 3.8) is 0 Å². The van der Waals surface area contributed by atoms with Crippen LogP contribution in [-0.2, 0) is 16.6 Å². The highest BCUT2D eigenvalue weighted by Crippen LogP contribution is 2.24. The molecule has 0 saturated carbocycles. The second kappa shape index (κ2) is 8.97. The van der Waals surface area contributed by atoms with Gasteiger partial charge in [0.1, 0.15) is 5.76 Å². The van der Waals surface area contributed by atoms with E-state index in [0.717, 1.165) is 16.9 Å². The van der Waals surface area contributed by atoms with Crippen molar-refractivity contribution >= 4 is 16.7 Å². The lowest BCUT2D eigenvalue weighted by Gasteiger charge is -2.11. The summed E-state index contributed by atoms with van der Waals surface area (Å²) < 4.78 is 18.3. The Morgan fingerprint density at radius 3 is 2.46 bits per heavy atom. The van der Waals surface area contributed by atoms with E-state index in [4.69, 9.17) is 4.42 Å². The first-order valence-electron chi connectivity index (χ1n) is 9.29. The van der Waals surface area contributed by atoms with Crippen LogP contribution in [0.2, 0.25) is 0 Å². The van der Waals surface area contributed by atoms with Crippen LogP contribution in [0.5, 0.6) is 0 Å². The number of carbonyl (C=O) groups excluding carboxylic acids is 1. The van der Waals surface area contributed by atoms with Crippen LogP contribution in [-0.4, -0.2) is 21.1 Å². The molecular formula is C22H24N2O3S. The summed E-state index contributed by atoms with van der Waals surface area (Å²) in [6.45, 7) is 5.83. The average Bonchev–Trinajstić information content (AvgIpc) is 3.08. The third-order valence-electron chi connectivity index (χ3n) is 4.55. The fraction of sp³-hybridized carbons (Fsp3) is 0.273. The summed E-state index contributed by atoms with van der Waals surface area (Å²) in [5.41, 5.74) is 2.05. The van der Waals surface area contributed by atoms with E-state index in [1.54, 1.807) is 12.1 Å². The van der Waals surface area contributed by atoms with Crippen LogP contribution in [0.4, 0.5) is 0 Å². The van der Waals surface area contributed by atoms with Gasteiger partial charge >= 0.3 is 0 Å².